The lowest BCUT2D eigenvalue weighted by atomic mass is 10.2. The molecule has 5 nitrogen and oxygen atoms in total. The minimum absolute atomic E-state index is 0.0290. The van der Waals surface area contributed by atoms with E-state index in [9.17, 15) is 9.59 Å². The van der Waals surface area contributed by atoms with E-state index in [1.807, 2.05) is 55.5 Å². The molecule has 6 heteroatoms. The van der Waals surface area contributed by atoms with E-state index in [0.717, 1.165) is 22.0 Å². The minimum atomic E-state index is -0.443. The maximum absolute atomic E-state index is 13.1. The van der Waals surface area contributed by atoms with Crippen molar-refractivity contribution in [3.63, 3.8) is 0 Å². The van der Waals surface area contributed by atoms with E-state index in [-0.39, 0.29) is 11.8 Å². The lowest BCUT2D eigenvalue weighted by molar-refractivity contribution is -0.120. The molecule has 2 heterocycles. The highest BCUT2D eigenvalue weighted by Gasteiger charge is 2.38. The Balaban J connectivity index is 1.49. The van der Waals surface area contributed by atoms with Gasteiger partial charge in [0.2, 0.25) is 5.91 Å². The fourth-order valence-electron chi connectivity index (χ4n) is 3.69. The van der Waals surface area contributed by atoms with Crippen molar-refractivity contribution in [1.29, 1.82) is 0 Å². The van der Waals surface area contributed by atoms with E-state index >= 15 is 0 Å². The summed E-state index contributed by atoms with van der Waals surface area (Å²) >= 11 is 1.42. The molecule has 2 aromatic carbocycles. The molecule has 0 radical (unpaired) electrons. The van der Waals surface area contributed by atoms with Crippen molar-refractivity contribution in [1.82, 2.24) is 9.88 Å². The molecule has 29 heavy (non-hydrogen) atoms. The Kier molecular flexibility index (Phi) is 5.45. The summed E-state index contributed by atoms with van der Waals surface area (Å²) in [5, 5.41) is 0.911. The second kappa shape index (κ2) is 8.17. The number of anilines is 1. The number of para-hydroxylation sites is 1. The first kappa shape index (κ1) is 19.3. The molecule has 1 saturated heterocycles. The number of nitrogens with zero attached hydrogens (tertiary/aromatic N) is 3. The maximum Gasteiger partial charge on any atom is 0.266 e. The van der Waals surface area contributed by atoms with Crippen LogP contribution < -0.4 is 4.90 Å². The zero-order chi connectivity index (χ0) is 20.4. The molecule has 1 fully saturated rings. The number of carbonyl (C=O) groups excluding carboxylic acids is 2. The third-order valence-corrected chi connectivity index (χ3v) is 6.41. The van der Waals surface area contributed by atoms with Crippen molar-refractivity contribution >= 4 is 28.8 Å². The smallest absolute Gasteiger partial charge is 0.266 e. The molecule has 3 aromatic rings. The standard InChI is InChI=1S/C23H23N3O2S/c1-16-21(29-20(24-16)15-17-9-5-3-6-10-17)23(28)25(2)19-13-14-26(22(19)27)18-11-7-4-8-12-18/h3-12,19H,13-15H2,1-2H3. The lowest BCUT2D eigenvalue weighted by Gasteiger charge is -2.23. The van der Waals surface area contributed by atoms with Gasteiger partial charge in [0.05, 0.1) is 10.7 Å². The molecule has 148 valence electrons. The number of aromatic nitrogens is 1. The quantitative estimate of drug-likeness (QED) is 0.647. The van der Waals surface area contributed by atoms with Crippen LogP contribution in [0.2, 0.25) is 0 Å². The molecular weight excluding hydrogens is 382 g/mol. The van der Waals surface area contributed by atoms with Crippen molar-refractivity contribution in [2.45, 2.75) is 25.8 Å². The molecule has 1 aliphatic rings. The van der Waals surface area contributed by atoms with Crippen molar-refractivity contribution in [3.8, 4) is 0 Å². The van der Waals surface area contributed by atoms with E-state index < -0.39 is 6.04 Å². The molecule has 2 amide bonds. The van der Waals surface area contributed by atoms with Gasteiger partial charge in [-0.3, -0.25) is 9.59 Å². The van der Waals surface area contributed by atoms with E-state index in [1.54, 1.807) is 16.8 Å². The Morgan fingerprint density at radius 3 is 2.48 bits per heavy atom. The Labute approximate surface area is 174 Å². The normalized spacial score (nSPS) is 16.3. The first-order valence-electron chi connectivity index (χ1n) is 9.68. The summed E-state index contributed by atoms with van der Waals surface area (Å²) in [6.07, 6.45) is 1.33. The predicted octanol–water partition coefficient (Wildman–Crippen LogP) is 3.92. The summed E-state index contributed by atoms with van der Waals surface area (Å²) < 4.78 is 0. The predicted molar refractivity (Wildman–Crippen MR) is 115 cm³/mol. The third-order valence-electron chi connectivity index (χ3n) is 5.27. The average molecular weight is 406 g/mol. The Morgan fingerprint density at radius 2 is 1.79 bits per heavy atom. The number of benzene rings is 2. The number of amides is 2. The summed E-state index contributed by atoms with van der Waals surface area (Å²) in [5.74, 6) is -0.161. The van der Waals surface area contributed by atoms with Crippen LogP contribution in [0, 0.1) is 6.92 Å². The maximum atomic E-state index is 13.1. The second-order valence-corrected chi connectivity index (χ2v) is 8.31. The Hall–Kier alpha value is -2.99. The number of hydrogen-bond acceptors (Lipinski definition) is 4. The largest absolute Gasteiger partial charge is 0.329 e. The van der Waals surface area contributed by atoms with Gasteiger partial charge >= 0.3 is 0 Å². The van der Waals surface area contributed by atoms with E-state index in [2.05, 4.69) is 17.1 Å². The summed E-state index contributed by atoms with van der Waals surface area (Å²) in [4.78, 5) is 34.6. The van der Waals surface area contributed by atoms with E-state index in [4.69, 9.17) is 0 Å². The van der Waals surface area contributed by atoms with Gasteiger partial charge in [0, 0.05) is 25.7 Å². The minimum Gasteiger partial charge on any atom is -0.329 e. The fourth-order valence-corrected chi connectivity index (χ4v) is 4.77. The average Bonchev–Trinajstić information content (AvgIpc) is 3.30. The van der Waals surface area contributed by atoms with Crippen LogP contribution in [0.3, 0.4) is 0 Å². The zero-order valence-corrected chi connectivity index (χ0v) is 17.4. The summed E-state index contributed by atoms with van der Waals surface area (Å²) in [6, 6.07) is 19.3. The van der Waals surface area contributed by atoms with Crippen LogP contribution >= 0.6 is 11.3 Å². The fraction of sp³-hybridized carbons (Fsp3) is 0.261. The summed E-state index contributed by atoms with van der Waals surface area (Å²) in [6.45, 7) is 2.48. The van der Waals surface area contributed by atoms with Crippen LogP contribution in [0.25, 0.3) is 0 Å². The monoisotopic (exact) mass is 405 g/mol. The van der Waals surface area contributed by atoms with Gasteiger partial charge in [-0.05, 0) is 31.0 Å². The van der Waals surface area contributed by atoms with Crippen molar-refractivity contribution in [3.05, 3.63) is 81.8 Å². The van der Waals surface area contributed by atoms with Gasteiger partial charge in [0.15, 0.2) is 0 Å². The molecule has 0 N–H and O–H groups in total. The molecule has 0 spiro atoms. The number of hydrogen-bond donors (Lipinski definition) is 0. The van der Waals surface area contributed by atoms with Crippen molar-refractivity contribution < 1.29 is 9.59 Å². The Morgan fingerprint density at radius 1 is 1.14 bits per heavy atom. The molecule has 1 aromatic heterocycles. The first-order chi connectivity index (χ1) is 14.0. The van der Waals surface area contributed by atoms with Crippen LogP contribution in [0.4, 0.5) is 5.69 Å². The molecule has 0 aliphatic carbocycles. The van der Waals surface area contributed by atoms with Gasteiger partial charge in [-0.1, -0.05) is 48.5 Å². The van der Waals surface area contributed by atoms with Crippen LogP contribution in [0.15, 0.2) is 60.7 Å². The third kappa shape index (κ3) is 3.93. The van der Waals surface area contributed by atoms with E-state index in [0.29, 0.717) is 24.3 Å². The van der Waals surface area contributed by atoms with Gasteiger partial charge in [-0.25, -0.2) is 4.98 Å². The van der Waals surface area contributed by atoms with E-state index in [1.165, 1.54) is 11.3 Å². The summed E-state index contributed by atoms with van der Waals surface area (Å²) in [5.41, 5.74) is 2.76. The molecule has 0 saturated carbocycles. The molecular formula is C23H23N3O2S. The van der Waals surface area contributed by atoms with Gasteiger partial charge in [0.25, 0.3) is 5.91 Å². The number of carbonyl (C=O) groups is 2. The van der Waals surface area contributed by atoms with Gasteiger partial charge in [-0.2, -0.15) is 0 Å². The zero-order valence-electron chi connectivity index (χ0n) is 16.5. The van der Waals surface area contributed by atoms with Crippen LogP contribution in [0.1, 0.15) is 32.4 Å². The highest BCUT2D eigenvalue weighted by Crippen LogP contribution is 2.27. The number of rotatable bonds is 5. The summed E-state index contributed by atoms with van der Waals surface area (Å²) in [7, 11) is 1.72. The molecule has 0 bridgehead atoms. The second-order valence-electron chi connectivity index (χ2n) is 7.23. The van der Waals surface area contributed by atoms with Crippen molar-refractivity contribution in [2.75, 3.05) is 18.5 Å². The lowest BCUT2D eigenvalue weighted by Crippen LogP contribution is -2.42. The van der Waals surface area contributed by atoms with Crippen LogP contribution in [0.5, 0.6) is 0 Å². The highest BCUT2D eigenvalue weighted by atomic mass is 32.1. The van der Waals surface area contributed by atoms with Crippen LogP contribution in [-0.2, 0) is 11.2 Å². The van der Waals surface area contributed by atoms with Crippen LogP contribution in [-0.4, -0.2) is 41.3 Å². The number of likely N-dealkylation sites (N-methyl/N-ethyl adjacent to an activating group) is 1. The number of thiazole rings is 1. The molecule has 1 atom stereocenters. The number of aryl methyl sites for hydroxylation is 1. The van der Waals surface area contributed by atoms with Gasteiger partial charge in [0.1, 0.15) is 10.9 Å². The molecule has 1 unspecified atom stereocenters. The topological polar surface area (TPSA) is 53.5 Å². The molecule has 4 rings (SSSR count). The first-order valence-corrected chi connectivity index (χ1v) is 10.5. The van der Waals surface area contributed by atoms with Crippen molar-refractivity contribution in [2.24, 2.45) is 0 Å². The molecule has 1 aliphatic heterocycles. The SMILES string of the molecule is Cc1nc(Cc2ccccc2)sc1C(=O)N(C)C1CCN(c2ccccc2)C1=O. The Bertz CT molecular complexity index is 1020. The van der Waals surface area contributed by atoms with Gasteiger partial charge < -0.3 is 9.80 Å². The van der Waals surface area contributed by atoms with Gasteiger partial charge in [-0.15, -0.1) is 11.3 Å². The highest BCUT2D eigenvalue weighted by molar-refractivity contribution is 7.13.